The van der Waals surface area contributed by atoms with Crippen LogP contribution in [0.4, 0.5) is 0 Å². The maximum absolute atomic E-state index is 12.3. The van der Waals surface area contributed by atoms with Gasteiger partial charge in [0.1, 0.15) is 6.04 Å². The molecule has 1 heterocycles. The molecule has 1 saturated heterocycles. The monoisotopic (exact) mass is 298 g/mol. The first-order valence-corrected chi connectivity index (χ1v) is 6.75. The normalized spacial score (nSPS) is 19.6. The van der Waals surface area contributed by atoms with Gasteiger partial charge in [0.25, 0.3) is 0 Å². The Morgan fingerprint density at radius 2 is 2.10 bits per heavy atom. The van der Waals surface area contributed by atoms with Gasteiger partial charge in [-0.1, -0.05) is 29.8 Å². The zero-order valence-corrected chi connectivity index (χ0v) is 12.9. The Morgan fingerprint density at radius 3 is 2.70 bits per heavy atom. The summed E-state index contributed by atoms with van der Waals surface area (Å²) >= 11 is 0. The summed E-state index contributed by atoms with van der Waals surface area (Å²) in [5, 5.41) is 0. The SMILES string of the molecule is COCC(N)C(=O)N1CCCC1c1ccc(C)cc1.Cl. The van der Waals surface area contributed by atoms with E-state index >= 15 is 0 Å². The summed E-state index contributed by atoms with van der Waals surface area (Å²) in [5.41, 5.74) is 8.28. The molecule has 5 heteroatoms. The summed E-state index contributed by atoms with van der Waals surface area (Å²) in [6, 6.07) is 7.99. The number of ether oxygens (including phenoxy) is 1. The van der Waals surface area contributed by atoms with E-state index in [-0.39, 0.29) is 31.0 Å². The number of methoxy groups -OCH3 is 1. The summed E-state index contributed by atoms with van der Waals surface area (Å²) in [6.45, 7) is 3.13. The van der Waals surface area contributed by atoms with Crippen molar-refractivity contribution in [1.29, 1.82) is 0 Å². The molecule has 0 spiro atoms. The predicted molar refractivity (Wildman–Crippen MR) is 82.0 cm³/mol. The molecule has 0 bridgehead atoms. The summed E-state index contributed by atoms with van der Waals surface area (Å²) in [4.78, 5) is 14.2. The number of hydrogen-bond acceptors (Lipinski definition) is 3. The predicted octanol–water partition coefficient (Wildman–Crippen LogP) is 2.05. The molecular weight excluding hydrogens is 276 g/mol. The molecule has 1 amide bonds. The third-order valence-corrected chi connectivity index (χ3v) is 3.66. The van der Waals surface area contributed by atoms with Crippen LogP contribution in [-0.4, -0.2) is 37.1 Å². The maximum atomic E-state index is 12.3. The van der Waals surface area contributed by atoms with Gasteiger partial charge >= 0.3 is 0 Å². The van der Waals surface area contributed by atoms with E-state index in [2.05, 4.69) is 31.2 Å². The second kappa shape index (κ2) is 7.62. The smallest absolute Gasteiger partial charge is 0.242 e. The van der Waals surface area contributed by atoms with Crippen molar-refractivity contribution in [3.63, 3.8) is 0 Å². The zero-order chi connectivity index (χ0) is 13.8. The lowest BCUT2D eigenvalue weighted by Gasteiger charge is -2.27. The minimum absolute atomic E-state index is 0. The van der Waals surface area contributed by atoms with Crippen LogP contribution < -0.4 is 5.73 Å². The first-order chi connectivity index (χ1) is 9.13. The molecule has 2 rings (SSSR count). The molecule has 112 valence electrons. The number of halogens is 1. The van der Waals surface area contributed by atoms with E-state index in [4.69, 9.17) is 10.5 Å². The molecule has 0 aliphatic carbocycles. The molecule has 2 N–H and O–H groups in total. The van der Waals surface area contributed by atoms with E-state index in [1.165, 1.54) is 11.1 Å². The second-order valence-corrected chi connectivity index (χ2v) is 5.16. The highest BCUT2D eigenvalue weighted by Crippen LogP contribution is 2.32. The Morgan fingerprint density at radius 1 is 1.45 bits per heavy atom. The summed E-state index contributed by atoms with van der Waals surface area (Å²) in [7, 11) is 1.56. The van der Waals surface area contributed by atoms with Gasteiger partial charge in [0.05, 0.1) is 12.6 Å². The van der Waals surface area contributed by atoms with Gasteiger partial charge in [-0.25, -0.2) is 0 Å². The fourth-order valence-corrected chi connectivity index (χ4v) is 2.63. The molecule has 1 aromatic rings. The fourth-order valence-electron chi connectivity index (χ4n) is 2.63. The average molecular weight is 299 g/mol. The molecule has 1 aromatic carbocycles. The zero-order valence-electron chi connectivity index (χ0n) is 12.0. The highest BCUT2D eigenvalue weighted by Gasteiger charge is 2.32. The lowest BCUT2D eigenvalue weighted by atomic mass is 10.0. The fraction of sp³-hybridized carbons (Fsp3) is 0.533. The number of hydrogen-bond donors (Lipinski definition) is 1. The molecule has 1 aliphatic heterocycles. The number of nitrogens with two attached hydrogens (primary N) is 1. The Kier molecular flexibility index (Phi) is 6.46. The van der Waals surface area contributed by atoms with Gasteiger partial charge < -0.3 is 15.4 Å². The van der Waals surface area contributed by atoms with Crippen LogP contribution in [0.15, 0.2) is 24.3 Å². The Hall–Kier alpha value is -1.10. The lowest BCUT2D eigenvalue weighted by Crippen LogP contribution is -2.45. The standard InChI is InChI=1S/C15H22N2O2.ClH/c1-11-5-7-12(8-6-11)14-4-3-9-17(14)15(18)13(16)10-19-2;/h5-8,13-14H,3-4,9-10,16H2,1-2H3;1H. The van der Waals surface area contributed by atoms with Crippen molar-refractivity contribution < 1.29 is 9.53 Å². The van der Waals surface area contributed by atoms with Crippen molar-refractivity contribution in [3.05, 3.63) is 35.4 Å². The van der Waals surface area contributed by atoms with E-state index in [1.54, 1.807) is 7.11 Å². The molecule has 4 nitrogen and oxygen atoms in total. The Balaban J connectivity index is 0.00000200. The van der Waals surface area contributed by atoms with Crippen LogP contribution in [0, 0.1) is 6.92 Å². The van der Waals surface area contributed by atoms with Crippen molar-refractivity contribution in [3.8, 4) is 0 Å². The number of benzene rings is 1. The highest BCUT2D eigenvalue weighted by molar-refractivity contribution is 5.85. The molecule has 0 saturated carbocycles. The highest BCUT2D eigenvalue weighted by atomic mass is 35.5. The van der Waals surface area contributed by atoms with Gasteiger partial charge in [0.15, 0.2) is 0 Å². The van der Waals surface area contributed by atoms with E-state index < -0.39 is 6.04 Å². The van der Waals surface area contributed by atoms with E-state index in [1.807, 2.05) is 4.90 Å². The van der Waals surface area contributed by atoms with Crippen LogP contribution >= 0.6 is 12.4 Å². The number of aryl methyl sites for hydroxylation is 1. The van der Waals surface area contributed by atoms with Crippen molar-refractivity contribution in [2.45, 2.75) is 31.8 Å². The minimum Gasteiger partial charge on any atom is -0.383 e. The molecule has 20 heavy (non-hydrogen) atoms. The summed E-state index contributed by atoms with van der Waals surface area (Å²) < 4.78 is 4.97. The third-order valence-electron chi connectivity index (χ3n) is 3.66. The number of rotatable bonds is 4. The first kappa shape index (κ1) is 17.0. The summed E-state index contributed by atoms with van der Waals surface area (Å²) in [5.74, 6) is -0.00933. The number of nitrogens with zero attached hydrogens (tertiary/aromatic N) is 1. The van der Waals surface area contributed by atoms with Gasteiger partial charge in [0.2, 0.25) is 5.91 Å². The van der Waals surface area contributed by atoms with Gasteiger partial charge in [-0.2, -0.15) is 0 Å². The van der Waals surface area contributed by atoms with Crippen molar-refractivity contribution >= 4 is 18.3 Å². The van der Waals surface area contributed by atoms with Gasteiger partial charge in [-0.15, -0.1) is 12.4 Å². The van der Waals surface area contributed by atoms with Crippen LogP contribution in [0.2, 0.25) is 0 Å². The van der Waals surface area contributed by atoms with Gasteiger partial charge in [0, 0.05) is 13.7 Å². The number of likely N-dealkylation sites (tertiary alicyclic amines) is 1. The van der Waals surface area contributed by atoms with Crippen LogP contribution in [0.25, 0.3) is 0 Å². The third kappa shape index (κ3) is 3.72. The Bertz CT molecular complexity index is 436. The Labute approximate surface area is 126 Å². The molecule has 0 radical (unpaired) electrons. The lowest BCUT2D eigenvalue weighted by molar-refractivity contribution is -0.134. The molecule has 1 aliphatic rings. The van der Waals surface area contributed by atoms with E-state index in [0.717, 1.165) is 19.4 Å². The molecule has 2 unspecified atom stereocenters. The van der Waals surface area contributed by atoms with Gasteiger partial charge in [-0.3, -0.25) is 4.79 Å². The van der Waals surface area contributed by atoms with Crippen molar-refractivity contribution in [2.75, 3.05) is 20.3 Å². The topological polar surface area (TPSA) is 55.6 Å². The minimum atomic E-state index is -0.559. The van der Waals surface area contributed by atoms with E-state index in [0.29, 0.717) is 0 Å². The van der Waals surface area contributed by atoms with Crippen LogP contribution in [0.1, 0.15) is 30.0 Å². The van der Waals surface area contributed by atoms with Crippen LogP contribution in [-0.2, 0) is 9.53 Å². The van der Waals surface area contributed by atoms with E-state index in [9.17, 15) is 4.79 Å². The molecule has 2 atom stereocenters. The first-order valence-electron chi connectivity index (χ1n) is 6.75. The van der Waals surface area contributed by atoms with Crippen LogP contribution in [0.3, 0.4) is 0 Å². The van der Waals surface area contributed by atoms with Crippen molar-refractivity contribution in [1.82, 2.24) is 4.90 Å². The maximum Gasteiger partial charge on any atom is 0.242 e. The average Bonchev–Trinajstić information content (AvgIpc) is 2.88. The van der Waals surface area contributed by atoms with Crippen LogP contribution in [0.5, 0.6) is 0 Å². The molecular formula is C15H23ClN2O2. The number of amides is 1. The van der Waals surface area contributed by atoms with Gasteiger partial charge in [-0.05, 0) is 25.3 Å². The number of carbonyl (C=O) groups is 1. The molecule has 0 aromatic heterocycles. The number of carbonyl (C=O) groups excluding carboxylic acids is 1. The largest absolute Gasteiger partial charge is 0.383 e. The quantitative estimate of drug-likeness (QED) is 0.925. The molecule has 1 fully saturated rings. The summed E-state index contributed by atoms with van der Waals surface area (Å²) in [6.07, 6.45) is 2.04. The van der Waals surface area contributed by atoms with Crippen molar-refractivity contribution in [2.24, 2.45) is 5.73 Å². The second-order valence-electron chi connectivity index (χ2n) is 5.16.